The zero-order valence-corrected chi connectivity index (χ0v) is 9.53. The average Bonchev–Trinajstić information content (AvgIpc) is 2.81. The van der Waals surface area contributed by atoms with Gasteiger partial charge in [0.2, 0.25) is 0 Å². The van der Waals surface area contributed by atoms with Crippen molar-refractivity contribution in [3.05, 3.63) is 30.1 Å². The number of carbonyl (C=O) groups is 1. The fourth-order valence-electron chi connectivity index (χ4n) is 1.97. The second-order valence-electron chi connectivity index (χ2n) is 4.25. The highest BCUT2D eigenvalue weighted by Crippen LogP contribution is 2.18. The first-order valence-corrected chi connectivity index (χ1v) is 5.71. The number of amides is 2. The van der Waals surface area contributed by atoms with Crippen molar-refractivity contribution in [2.75, 3.05) is 25.0 Å². The molecule has 1 unspecified atom stereocenters. The third-order valence-corrected chi connectivity index (χ3v) is 3.02. The summed E-state index contributed by atoms with van der Waals surface area (Å²) in [5, 5.41) is 2.57. The highest BCUT2D eigenvalue weighted by molar-refractivity contribution is 5.89. The minimum absolute atomic E-state index is 0.216. The molecule has 17 heavy (non-hydrogen) atoms. The Balaban J connectivity index is 1.96. The Morgan fingerprint density at radius 2 is 2.29 bits per heavy atom. The topological polar surface area (TPSA) is 58.4 Å². The van der Waals surface area contributed by atoms with Gasteiger partial charge in [0.15, 0.2) is 0 Å². The number of hydrogen-bond acceptors (Lipinski definition) is 2. The molecule has 1 aromatic rings. The molecular formula is C12H16FN3O. The van der Waals surface area contributed by atoms with Crippen molar-refractivity contribution in [3.63, 3.8) is 0 Å². The molecule has 3 N–H and O–H groups in total. The minimum Gasteiger partial charge on any atom is -0.330 e. The Hall–Kier alpha value is -1.62. The lowest BCUT2D eigenvalue weighted by Crippen LogP contribution is -2.33. The van der Waals surface area contributed by atoms with Crippen molar-refractivity contribution in [1.82, 2.24) is 4.90 Å². The highest BCUT2D eigenvalue weighted by atomic mass is 19.1. The lowest BCUT2D eigenvalue weighted by atomic mass is 10.1. The predicted octanol–water partition coefficient (Wildman–Crippen LogP) is 1.64. The minimum atomic E-state index is -0.421. The van der Waals surface area contributed by atoms with Crippen LogP contribution in [0.5, 0.6) is 0 Å². The van der Waals surface area contributed by atoms with Gasteiger partial charge >= 0.3 is 6.03 Å². The Kier molecular flexibility index (Phi) is 3.58. The Morgan fingerprint density at radius 3 is 2.94 bits per heavy atom. The number of benzene rings is 1. The maximum Gasteiger partial charge on any atom is 0.321 e. The first-order valence-electron chi connectivity index (χ1n) is 5.71. The van der Waals surface area contributed by atoms with Gasteiger partial charge in [-0.25, -0.2) is 9.18 Å². The second-order valence-corrected chi connectivity index (χ2v) is 4.25. The number of urea groups is 1. The number of halogens is 1. The maximum atomic E-state index is 13.3. The lowest BCUT2D eigenvalue weighted by molar-refractivity contribution is 0.221. The third-order valence-electron chi connectivity index (χ3n) is 3.02. The SMILES string of the molecule is NCC1CCN(C(=O)Nc2ccccc2F)C1. The summed E-state index contributed by atoms with van der Waals surface area (Å²) >= 11 is 0. The van der Waals surface area contributed by atoms with Crippen LogP contribution in [0.3, 0.4) is 0 Å². The standard InChI is InChI=1S/C12H16FN3O/c13-10-3-1-2-4-11(10)15-12(17)16-6-5-9(7-14)8-16/h1-4,9H,5-8,14H2,(H,15,17). The Labute approximate surface area is 99.6 Å². The van der Waals surface area contributed by atoms with Crippen molar-refractivity contribution in [2.45, 2.75) is 6.42 Å². The molecule has 0 saturated carbocycles. The fourth-order valence-corrected chi connectivity index (χ4v) is 1.97. The van der Waals surface area contributed by atoms with Gasteiger partial charge in [-0.15, -0.1) is 0 Å². The molecule has 1 fully saturated rings. The van der Waals surface area contributed by atoms with Crippen LogP contribution in [0.15, 0.2) is 24.3 Å². The van der Waals surface area contributed by atoms with E-state index in [1.807, 2.05) is 0 Å². The van der Waals surface area contributed by atoms with Crippen molar-refractivity contribution in [3.8, 4) is 0 Å². The van der Waals surface area contributed by atoms with Crippen LogP contribution in [0.25, 0.3) is 0 Å². The molecule has 0 spiro atoms. The van der Waals surface area contributed by atoms with Gasteiger partial charge in [-0.2, -0.15) is 0 Å². The van der Waals surface area contributed by atoms with E-state index >= 15 is 0 Å². The molecule has 4 nitrogen and oxygen atoms in total. The molecule has 2 amide bonds. The van der Waals surface area contributed by atoms with Crippen molar-refractivity contribution in [2.24, 2.45) is 11.7 Å². The normalized spacial score (nSPS) is 19.4. The summed E-state index contributed by atoms with van der Waals surface area (Å²) in [6.45, 7) is 1.92. The summed E-state index contributed by atoms with van der Waals surface area (Å²) in [7, 11) is 0. The number of nitrogens with two attached hydrogens (primary N) is 1. The smallest absolute Gasteiger partial charge is 0.321 e. The van der Waals surface area contributed by atoms with Gasteiger partial charge in [-0.1, -0.05) is 12.1 Å². The molecule has 1 aliphatic heterocycles. The number of para-hydroxylation sites is 1. The first kappa shape index (κ1) is 11.9. The zero-order chi connectivity index (χ0) is 12.3. The summed E-state index contributed by atoms with van der Waals surface area (Å²) in [6, 6.07) is 5.88. The fraction of sp³-hybridized carbons (Fsp3) is 0.417. The van der Waals surface area contributed by atoms with Gasteiger partial charge in [0.1, 0.15) is 5.82 Å². The van der Waals surface area contributed by atoms with E-state index in [4.69, 9.17) is 5.73 Å². The molecule has 1 aromatic carbocycles. The number of nitrogens with zero attached hydrogens (tertiary/aromatic N) is 1. The van der Waals surface area contributed by atoms with E-state index in [9.17, 15) is 9.18 Å². The van der Waals surface area contributed by atoms with Crippen LogP contribution < -0.4 is 11.1 Å². The summed E-state index contributed by atoms with van der Waals surface area (Å²) in [5.74, 6) is -0.0585. The van der Waals surface area contributed by atoms with Gasteiger partial charge in [0.05, 0.1) is 5.69 Å². The van der Waals surface area contributed by atoms with E-state index in [0.29, 0.717) is 25.6 Å². The highest BCUT2D eigenvalue weighted by Gasteiger charge is 2.25. The monoisotopic (exact) mass is 237 g/mol. The third kappa shape index (κ3) is 2.74. The van der Waals surface area contributed by atoms with E-state index in [2.05, 4.69) is 5.32 Å². The van der Waals surface area contributed by atoms with Crippen LogP contribution in [-0.2, 0) is 0 Å². The maximum absolute atomic E-state index is 13.3. The summed E-state index contributed by atoms with van der Waals surface area (Å²) < 4.78 is 13.3. The molecule has 5 heteroatoms. The summed E-state index contributed by atoms with van der Waals surface area (Å²) in [6.07, 6.45) is 0.918. The number of anilines is 1. The lowest BCUT2D eigenvalue weighted by Gasteiger charge is -2.17. The Morgan fingerprint density at radius 1 is 1.53 bits per heavy atom. The molecule has 1 saturated heterocycles. The molecule has 0 bridgehead atoms. The molecule has 0 aromatic heterocycles. The molecular weight excluding hydrogens is 221 g/mol. The largest absolute Gasteiger partial charge is 0.330 e. The predicted molar refractivity (Wildman–Crippen MR) is 64.2 cm³/mol. The van der Waals surface area contributed by atoms with Crippen LogP contribution in [0.1, 0.15) is 6.42 Å². The van der Waals surface area contributed by atoms with Crippen LogP contribution in [0.4, 0.5) is 14.9 Å². The zero-order valence-electron chi connectivity index (χ0n) is 9.53. The quantitative estimate of drug-likeness (QED) is 0.821. The van der Waals surface area contributed by atoms with Gasteiger partial charge in [0, 0.05) is 13.1 Å². The van der Waals surface area contributed by atoms with Crippen LogP contribution >= 0.6 is 0 Å². The molecule has 0 aliphatic carbocycles. The van der Waals surface area contributed by atoms with Crippen LogP contribution in [0, 0.1) is 11.7 Å². The summed E-state index contributed by atoms with van der Waals surface area (Å²) in [4.78, 5) is 13.5. The molecule has 0 radical (unpaired) electrons. The van der Waals surface area contributed by atoms with E-state index in [0.717, 1.165) is 6.42 Å². The number of rotatable bonds is 2. The average molecular weight is 237 g/mol. The second kappa shape index (κ2) is 5.14. The molecule has 1 heterocycles. The molecule has 92 valence electrons. The molecule has 2 rings (SSSR count). The van der Waals surface area contributed by atoms with Crippen LogP contribution in [0.2, 0.25) is 0 Å². The van der Waals surface area contributed by atoms with Crippen molar-refractivity contribution >= 4 is 11.7 Å². The van der Waals surface area contributed by atoms with Gasteiger partial charge in [-0.3, -0.25) is 0 Å². The van der Waals surface area contributed by atoms with E-state index < -0.39 is 5.82 Å². The van der Waals surface area contributed by atoms with E-state index in [1.54, 1.807) is 23.1 Å². The first-order chi connectivity index (χ1) is 8.20. The number of carbonyl (C=O) groups excluding carboxylic acids is 1. The van der Waals surface area contributed by atoms with Gasteiger partial charge < -0.3 is 16.0 Å². The van der Waals surface area contributed by atoms with Crippen molar-refractivity contribution < 1.29 is 9.18 Å². The van der Waals surface area contributed by atoms with E-state index in [-0.39, 0.29) is 11.7 Å². The number of likely N-dealkylation sites (tertiary alicyclic amines) is 1. The molecule has 1 atom stereocenters. The summed E-state index contributed by atoms with van der Waals surface area (Å²) in [5.41, 5.74) is 5.77. The number of hydrogen-bond donors (Lipinski definition) is 2. The molecule has 1 aliphatic rings. The van der Waals surface area contributed by atoms with Crippen LogP contribution in [-0.4, -0.2) is 30.6 Å². The number of nitrogens with one attached hydrogen (secondary N) is 1. The van der Waals surface area contributed by atoms with Gasteiger partial charge in [-0.05, 0) is 31.0 Å². The van der Waals surface area contributed by atoms with Gasteiger partial charge in [0.25, 0.3) is 0 Å². The Bertz CT molecular complexity index is 410. The van der Waals surface area contributed by atoms with Crippen molar-refractivity contribution in [1.29, 1.82) is 0 Å². The van der Waals surface area contributed by atoms with E-state index in [1.165, 1.54) is 6.07 Å².